The van der Waals surface area contributed by atoms with Crippen LogP contribution in [0.15, 0.2) is 30.3 Å². The molecule has 0 radical (unpaired) electrons. The molecule has 2 fully saturated rings. The fourth-order valence-corrected chi connectivity index (χ4v) is 2.32. The zero-order valence-electron chi connectivity index (χ0n) is 9.49. The van der Waals surface area contributed by atoms with Gasteiger partial charge in [0.15, 0.2) is 6.29 Å². The van der Waals surface area contributed by atoms with Crippen LogP contribution in [0.4, 0.5) is 0 Å². The van der Waals surface area contributed by atoms with Crippen molar-refractivity contribution in [2.75, 3.05) is 13.2 Å². The lowest BCUT2D eigenvalue weighted by Gasteiger charge is -2.41. The van der Waals surface area contributed by atoms with Crippen molar-refractivity contribution in [3.8, 4) is 0 Å². The molecule has 4 heteroatoms. The van der Waals surface area contributed by atoms with E-state index in [-0.39, 0.29) is 12.2 Å². The van der Waals surface area contributed by atoms with E-state index in [4.69, 9.17) is 14.2 Å². The van der Waals surface area contributed by atoms with Gasteiger partial charge in [-0.1, -0.05) is 30.3 Å². The van der Waals surface area contributed by atoms with Gasteiger partial charge in [-0.05, 0) is 6.42 Å². The van der Waals surface area contributed by atoms with Crippen LogP contribution in [0.25, 0.3) is 0 Å². The first-order chi connectivity index (χ1) is 8.34. The van der Waals surface area contributed by atoms with Gasteiger partial charge in [0.2, 0.25) is 0 Å². The third kappa shape index (κ3) is 2.21. The first kappa shape index (κ1) is 11.2. The Morgan fingerprint density at radius 2 is 1.94 bits per heavy atom. The number of fused-ring (bicyclic) bond motifs is 1. The maximum absolute atomic E-state index is 9.91. The Labute approximate surface area is 100 Å². The maximum atomic E-state index is 9.91. The van der Waals surface area contributed by atoms with Gasteiger partial charge in [0, 0.05) is 12.2 Å². The fraction of sp³-hybridized carbons (Fsp3) is 0.538. The van der Waals surface area contributed by atoms with Crippen molar-refractivity contribution in [1.29, 1.82) is 0 Å². The van der Waals surface area contributed by atoms with E-state index in [0.717, 1.165) is 5.56 Å². The van der Waals surface area contributed by atoms with E-state index in [1.54, 1.807) is 0 Å². The number of hydrogen-bond acceptors (Lipinski definition) is 4. The third-order valence-electron chi connectivity index (χ3n) is 3.26. The summed E-state index contributed by atoms with van der Waals surface area (Å²) < 4.78 is 16.9. The minimum Gasteiger partial charge on any atom is -0.390 e. The van der Waals surface area contributed by atoms with Crippen LogP contribution >= 0.6 is 0 Å². The third-order valence-corrected chi connectivity index (χ3v) is 3.26. The summed E-state index contributed by atoms with van der Waals surface area (Å²) in [4.78, 5) is 0. The van der Waals surface area contributed by atoms with Crippen molar-refractivity contribution in [3.05, 3.63) is 35.9 Å². The average molecular weight is 236 g/mol. The molecule has 0 aliphatic carbocycles. The molecule has 0 amide bonds. The van der Waals surface area contributed by atoms with E-state index in [1.807, 2.05) is 30.3 Å². The van der Waals surface area contributed by atoms with Gasteiger partial charge in [-0.2, -0.15) is 0 Å². The summed E-state index contributed by atoms with van der Waals surface area (Å²) in [6.45, 7) is 1.05. The molecule has 2 saturated heterocycles. The Balaban J connectivity index is 1.74. The van der Waals surface area contributed by atoms with Gasteiger partial charge in [-0.3, -0.25) is 0 Å². The summed E-state index contributed by atoms with van der Waals surface area (Å²) in [5.41, 5.74) is 0.976. The van der Waals surface area contributed by atoms with Crippen molar-refractivity contribution in [3.63, 3.8) is 0 Å². The number of hydrogen-bond donors (Lipinski definition) is 1. The lowest BCUT2D eigenvalue weighted by atomic mass is 10.0. The summed E-state index contributed by atoms with van der Waals surface area (Å²) >= 11 is 0. The molecule has 2 aliphatic heterocycles. The van der Waals surface area contributed by atoms with Crippen LogP contribution in [0.1, 0.15) is 18.3 Å². The number of benzene rings is 1. The quantitative estimate of drug-likeness (QED) is 0.797. The molecule has 3 rings (SSSR count). The summed E-state index contributed by atoms with van der Waals surface area (Å²) in [5.74, 6) is 0. The van der Waals surface area contributed by atoms with Crippen LogP contribution in [-0.2, 0) is 14.2 Å². The molecule has 1 N–H and O–H groups in total. The molecule has 17 heavy (non-hydrogen) atoms. The first-order valence-corrected chi connectivity index (χ1v) is 5.96. The van der Waals surface area contributed by atoms with Gasteiger partial charge in [-0.15, -0.1) is 0 Å². The summed E-state index contributed by atoms with van der Waals surface area (Å²) in [6, 6.07) is 9.76. The van der Waals surface area contributed by atoms with Crippen molar-refractivity contribution in [1.82, 2.24) is 0 Å². The highest BCUT2D eigenvalue weighted by atomic mass is 16.7. The monoisotopic (exact) mass is 236 g/mol. The highest BCUT2D eigenvalue weighted by Crippen LogP contribution is 2.31. The molecule has 0 spiro atoms. The largest absolute Gasteiger partial charge is 0.390 e. The number of ether oxygens (including phenoxy) is 3. The molecule has 0 saturated carbocycles. The predicted octanol–water partition coefficient (Wildman–Crippen LogP) is 1.25. The molecule has 0 bridgehead atoms. The normalized spacial score (nSPS) is 37.5. The topological polar surface area (TPSA) is 47.9 Å². The number of rotatable bonds is 1. The summed E-state index contributed by atoms with van der Waals surface area (Å²) in [5, 5.41) is 9.91. The van der Waals surface area contributed by atoms with Crippen LogP contribution in [0.5, 0.6) is 0 Å². The second-order valence-electron chi connectivity index (χ2n) is 4.44. The minimum absolute atomic E-state index is 0.140. The molecule has 0 aromatic heterocycles. The predicted molar refractivity (Wildman–Crippen MR) is 60.4 cm³/mol. The van der Waals surface area contributed by atoms with E-state index in [9.17, 15) is 5.11 Å². The molecule has 4 nitrogen and oxygen atoms in total. The van der Waals surface area contributed by atoms with E-state index < -0.39 is 12.4 Å². The molecule has 2 aliphatic rings. The lowest BCUT2D eigenvalue weighted by Crippen LogP contribution is -2.52. The van der Waals surface area contributed by atoms with Crippen LogP contribution in [0.3, 0.4) is 0 Å². The zero-order chi connectivity index (χ0) is 11.7. The Morgan fingerprint density at radius 3 is 2.76 bits per heavy atom. The SMILES string of the molecule is O[C@@H]1CCOC2COC(c3ccccc3)O[C@H]21. The second-order valence-corrected chi connectivity index (χ2v) is 4.44. The van der Waals surface area contributed by atoms with Gasteiger partial charge in [-0.25, -0.2) is 0 Å². The molecule has 1 aromatic rings. The molecule has 2 unspecified atom stereocenters. The number of aliphatic hydroxyl groups excluding tert-OH is 1. The van der Waals surface area contributed by atoms with Gasteiger partial charge in [0.05, 0.1) is 12.7 Å². The molecular formula is C13H16O4. The Morgan fingerprint density at radius 1 is 1.12 bits per heavy atom. The fourth-order valence-electron chi connectivity index (χ4n) is 2.32. The van der Waals surface area contributed by atoms with Gasteiger partial charge >= 0.3 is 0 Å². The Hall–Kier alpha value is -0.940. The first-order valence-electron chi connectivity index (χ1n) is 5.96. The molecular weight excluding hydrogens is 220 g/mol. The highest BCUT2D eigenvalue weighted by molar-refractivity contribution is 5.16. The Bertz CT molecular complexity index is 367. The van der Waals surface area contributed by atoms with Crippen molar-refractivity contribution in [2.24, 2.45) is 0 Å². The van der Waals surface area contributed by atoms with E-state index in [0.29, 0.717) is 19.6 Å². The van der Waals surface area contributed by atoms with Crippen molar-refractivity contribution < 1.29 is 19.3 Å². The zero-order valence-corrected chi connectivity index (χ0v) is 9.49. The molecule has 92 valence electrons. The van der Waals surface area contributed by atoms with E-state index in [2.05, 4.69) is 0 Å². The van der Waals surface area contributed by atoms with Crippen LogP contribution < -0.4 is 0 Å². The van der Waals surface area contributed by atoms with Crippen LogP contribution in [0.2, 0.25) is 0 Å². The maximum Gasteiger partial charge on any atom is 0.184 e. The van der Waals surface area contributed by atoms with Crippen LogP contribution in [-0.4, -0.2) is 36.6 Å². The standard InChI is InChI=1S/C13H16O4/c14-10-6-7-15-11-8-16-13(17-12(10)11)9-4-2-1-3-5-9/h1-5,10-14H,6-8H2/t10-,11?,12+,13?/m1/s1. The molecule has 2 heterocycles. The van der Waals surface area contributed by atoms with E-state index in [1.165, 1.54) is 0 Å². The molecule has 1 aromatic carbocycles. The van der Waals surface area contributed by atoms with Gasteiger partial charge < -0.3 is 19.3 Å². The minimum atomic E-state index is -0.455. The Kier molecular flexibility index (Phi) is 3.11. The van der Waals surface area contributed by atoms with Gasteiger partial charge in [0.1, 0.15) is 12.2 Å². The highest BCUT2D eigenvalue weighted by Gasteiger charge is 2.40. The molecule has 4 atom stereocenters. The van der Waals surface area contributed by atoms with Crippen LogP contribution in [0, 0.1) is 0 Å². The second kappa shape index (κ2) is 4.74. The summed E-state index contributed by atoms with van der Waals surface area (Å²) in [6.07, 6.45) is -0.637. The lowest BCUT2D eigenvalue weighted by molar-refractivity contribution is -0.298. The van der Waals surface area contributed by atoms with Gasteiger partial charge in [0.25, 0.3) is 0 Å². The smallest absolute Gasteiger partial charge is 0.184 e. The van der Waals surface area contributed by atoms with Crippen molar-refractivity contribution >= 4 is 0 Å². The average Bonchev–Trinajstić information content (AvgIpc) is 2.40. The summed E-state index contributed by atoms with van der Waals surface area (Å²) in [7, 11) is 0. The number of aliphatic hydroxyl groups is 1. The van der Waals surface area contributed by atoms with Crippen molar-refractivity contribution in [2.45, 2.75) is 31.0 Å². The van der Waals surface area contributed by atoms with E-state index >= 15 is 0 Å².